The first-order valence-electron chi connectivity index (χ1n) is 5.42. The van der Waals surface area contributed by atoms with Gasteiger partial charge in [-0.05, 0) is 23.4 Å². The molecule has 0 aliphatic rings. The van der Waals surface area contributed by atoms with Gasteiger partial charge in [0.1, 0.15) is 5.82 Å². The van der Waals surface area contributed by atoms with Gasteiger partial charge in [-0.25, -0.2) is 4.98 Å². The molecule has 3 nitrogen and oxygen atoms in total. The predicted molar refractivity (Wildman–Crippen MR) is 69.0 cm³/mol. The smallest absolute Gasteiger partial charge is 0.134 e. The van der Waals surface area contributed by atoms with Crippen LogP contribution >= 0.6 is 11.3 Å². The predicted octanol–water partition coefficient (Wildman–Crippen LogP) is 2.73. The average Bonchev–Trinajstić information content (AvgIpc) is 2.73. The van der Waals surface area contributed by atoms with Gasteiger partial charge in [0.25, 0.3) is 0 Å². The highest BCUT2D eigenvalue weighted by molar-refractivity contribution is 7.17. The molecule has 4 heteroatoms. The zero-order valence-corrected chi connectivity index (χ0v) is 10.3. The molecule has 0 amide bonds. The lowest BCUT2D eigenvalue weighted by Gasteiger charge is -2.20. The SMILES string of the molecule is CC(C)[C@@H](CO)Nc1nccc2sccc12. The standard InChI is InChI=1S/C12H16N2OS/c1-8(2)10(7-15)14-12-9-4-6-16-11(9)3-5-13-12/h3-6,8,10,15H,7H2,1-2H3,(H,13,14)/t10-/m1/s1. The number of anilines is 1. The molecule has 0 aromatic carbocycles. The third-order valence-electron chi connectivity index (χ3n) is 2.70. The zero-order chi connectivity index (χ0) is 11.5. The summed E-state index contributed by atoms with van der Waals surface area (Å²) in [6, 6.07) is 4.12. The topological polar surface area (TPSA) is 45.1 Å². The summed E-state index contributed by atoms with van der Waals surface area (Å²) < 4.78 is 1.22. The number of hydrogen-bond acceptors (Lipinski definition) is 4. The molecule has 86 valence electrons. The van der Waals surface area contributed by atoms with Crippen molar-refractivity contribution in [2.75, 3.05) is 11.9 Å². The van der Waals surface area contributed by atoms with Crippen LogP contribution in [0.1, 0.15) is 13.8 Å². The van der Waals surface area contributed by atoms with E-state index in [1.54, 1.807) is 17.5 Å². The maximum absolute atomic E-state index is 9.29. The van der Waals surface area contributed by atoms with E-state index in [9.17, 15) is 5.11 Å². The Morgan fingerprint density at radius 1 is 1.44 bits per heavy atom. The molecule has 0 radical (unpaired) electrons. The average molecular weight is 236 g/mol. The molecule has 0 unspecified atom stereocenters. The number of nitrogens with zero attached hydrogens (tertiary/aromatic N) is 1. The summed E-state index contributed by atoms with van der Waals surface area (Å²) in [5.74, 6) is 1.24. The summed E-state index contributed by atoms with van der Waals surface area (Å²) in [4.78, 5) is 4.33. The Kier molecular flexibility index (Phi) is 3.41. The summed E-state index contributed by atoms with van der Waals surface area (Å²) in [7, 11) is 0. The minimum absolute atomic E-state index is 0.0537. The quantitative estimate of drug-likeness (QED) is 0.858. The van der Waals surface area contributed by atoms with Gasteiger partial charge in [0.2, 0.25) is 0 Å². The Morgan fingerprint density at radius 2 is 2.25 bits per heavy atom. The lowest BCUT2D eigenvalue weighted by molar-refractivity contribution is 0.249. The van der Waals surface area contributed by atoms with Crippen LogP contribution in [0.5, 0.6) is 0 Å². The Morgan fingerprint density at radius 3 is 2.94 bits per heavy atom. The molecule has 0 spiro atoms. The first-order chi connectivity index (χ1) is 7.72. The van der Waals surface area contributed by atoms with Gasteiger partial charge in [-0.2, -0.15) is 0 Å². The van der Waals surface area contributed by atoms with E-state index in [4.69, 9.17) is 0 Å². The Labute approximate surface area is 99.1 Å². The molecular formula is C12H16N2OS. The van der Waals surface area contributed by atoms with Gasteiger partial charge in [0.05, 0.1) is 12.6 Å². The Bertz CT molecular complexity index is 467. The van der Waals surface area contributed by atoms with Crippen LogP contribution in [0.3, 0.4) is 0 Å². The normalized spacial score (nSPS) is 13.2. The van der Waals surface area contributed by atoms with E-state index in [1.165, 1.54) is 4.70 Å². The fourth-order valence-corrected chi connectivity index (χ4v) is 2.39. The third-order valence-corrected chi connectivity index (χ3v) is 3.59. The van der Waals surface area contributed by atoms with Crippen molar-refractivity contribution in [1.82, 2.24) is 4.98 Å². The molecule has 1 atom stereocenters. The molecule has 2 aromatic heterocycles. The minimum Gasteiger partial charge on any atom is -0.394 e. The third kappa shape index (κ3) is 2.18. The fourth-order valence-electron chi connectivity index (χ4n) is 1.61. The summed E-state index contributed by atoms with van der Waals surface area (Å²) in [5.41, 5.74) is 0. The van der Waals surface area contributed by atoms with Crippen molar-refractivity contribution in [1.29, 1.82) is 0 Å². The molecule has 0 aliphatic heterocycles. The molecule has 0 bridgehead atoms. The largest absolute Gasteiger partial charge is 0.394 e. The van der Waals surface area contributed by atoms with Gasteiger partial charge < -0.3 is 10.4 Å². The molecule has 2 rings (SSSR count). The minimum atomic E-state index is 0.0537. The maximum atomic E-state index is 9.29. The van der Waals surface area contributed by atoms with Crippen LogP contribution in [-0.2, 0) is 0 Å². The monoisotopic (exact) mass is 236 g/mol. The fraction of sp³-hybridized carbons (Fsp3) is 0.417. The van der Waals surface area contributed by atoms with Gasteiger partial charge >= 0.3 is 0 Å². The molecule has 2 aromatic rings. The number of aliphatic hydroxyl groups excluding tert-OH is 1. The number of pyridine rings is 1. The van der Waals surface area contributed by atoms with Crippen molar-refractivity contribution in [3.8, 4) is 0 Å². The molecule has 2 N–H and O–H groups in total. The summed E-state index contributed by atoms with van der Waals surface area (Å²) in [6.07, 6.45) is 1.80. The lowest BCUT2D eigenvalue weighted by Crippen LogP contribution is -2.29. The number of rotatable bonds is 4. The van der Waals surface area contributed by atoms with Gasteiger partial charge in [0.15, 0.2) is 0 Å². The highest BCUT2D eigenvalue weighted by Crippen LogP contribution is 2.26. The van der Waals surface area contributed by atoms with Crippen molar-refractivity contribution in [2.45, 2.75) is 19.9 Å². The van der Waals surface area contributed by atoms with Crippen LogP contribution in [0, 0.1) is 5.92 Å². The van der Waals surface area contributed by atoms with E-state index >= 15 is 0 Å². The maximum Gasteiger partial charge on any atom is 0.134 e. The van der Waals surface area contributed by atoms with Gasteiger partial charge in [-0.15, -0.1) is 11.3 Å². The van der Waals surface area contributed by atoms with Gasteiger partial charge in [0, 0.05) is 16.3 Å². The molecular weight excluding hydrogens is 220 g/mol. The van der Waals surface area contributed by atoms with Crippen LogP contribution < -0.4 is 5.32 Å². The number of aromatic nitrogens is 1. The lowest BCUT2D eigenvalue weighted by atomic mass is 10.1. The Balaban J connectivity index is 2.29. The van der Waals surface area contributed by atoms with E-state index in [0.717, 1.165) is 11.2 Å². The summed E-state index contributed by atoms with van der Waals surface area (Å²) in [6.45, 7) is 4.29. The van der Waals surface area contributed by atoms with Crippen LogP contribution in [0.25, 0.3) is 10.1 Å². The van der Waals surface area contributed by atoms with E-state index < -0.39 is 0 Å². The van der Waals surface area contributed by atoms with Gasteiger partial charge in [-0.1, -0.05) is 13.8 Å². The number of thiophene rings is 1. The van der Waals surface area contributed by atoms with E-state index in [1.807, 2.05) is 6.07 Å². The van der Waals surface area contributed by atoms with Crippen molar-refractivity contribution in [2.24, 2.45) is 5.92 Å². The van der Waals surface area contributed by atoms with Crippen LogP contribution in [-0.4, -0.2) is 22.7 Å². The molecule has 0 aliphatic carbocycles. The summed E-state index contributed by atoms with van der Waals surface area (Å²) in [5, 5.41) is 15.8. The van der Waals surface area contributed by atoms with Crippen LogP contribution in [0.4, 0.5) is 5.82 Å². The summed E-state index contributed by atoms with van der Waals surface area (Å²) >= 11 is 1.70. The van der Waals surface area contributed by atoms with E-state index in [-0.39, 0.29) is 12.6 Å². The van der Waals surface area contributed by atoms with Gasteiger partial charge in [-0.3, -0.25) is 0 Å². The molecule has 0 saturated carbocycles. The zero-order valence-electron chi connectivity index (χ0n) is 9.47. The number of hydrogen-bond donors (Lipinski definition) is 2. The van der Waals surface area contributed by atoms with Crippen molar-refractivity contribution < 1.29 is 5.11 Å². The molecule has 0 saturated heterocycles. The Hall–Kier alpha value is -1.13. The van der Waals surface area contributed by atoms with Crippen molar-refractivity contribution in [3.05, 3.63) is 23.7 Å². The van der Waals surface area contributed by atoms with E-state index in [2.05, 4.69) is 35.6 Å². The molecule has 2 heterocycles. The molecule has 0 fully saturated rings. The highest BCUT2D eigenvalue weighted by Gasteiger charge is 2.13. The highest BCUT2D eigenvalue weighted by atomic mass is 32.1. The van der Waals surface area contributed by atoms with Crippen molar-refractivity contribution >= 4 is 27.2 Å². The second-order valence-corrected chi connectivity index (χ2v) is 5.12. The number of aliphatic hydroxyl groups is 1. The first-order valence-corrected chi connectivity index (χ1v) is 6.30. The van der Waals surface area contributed by atoms with E-state index in [0.29, 0.717) is 5.92 Å². The van der Waals surface area contributed by atoms with Crippen LogP contribution in [0.2, 0.25) is 0 Å². The second kappa shape index (κ2) is 4.80. The van der Waals surface area contributed by atoms with Crippen molar-refractivity contribution in [3.63, 3.8) is 0 Å². The number of nitrogens with one attached hydrogen (secondary N) is 1. The first kappa shape index (κ1) is 11.4. The molecule has 16 heavy (non-hydrogen) atoms. The second-order valence-electron chi connectivity index (χ2n) is 4.17. The number of fused-ring (bicyclic) bond motifs is 1. The van der Waals surface area contributed by atoms with Crippen LogP contribution in [0.15, 0.2) is 23.7 Å².